The average molecular weight is 337 g/mol. The maximum Gasteiger partial charge on any atom is 0.312 e. The van der Waals surface area contributed by atoms with Gasteiger partial charge in [0.25, 0.3) is 5.56 Å². The zero-order valence-electron chi connectivity index (χ0n) is 12.7. The zero-order chi connectivity index (χ0) is 16.8. The molecule has 0 saturated heterocycles. The number of methoxy groups -OCH3 is 1. The van der Waals surface area contributed by atoms with Crippen molar-refractivity contribution in [1.29, 1.82) is 0 Å². The van der Waals surface area contributed by atoms with Crippen LogP contribution in [0.2, 0.25) is 5.02 Å². The van der Waals surface area contributed by atoms with Crippen LogP contribution >= 0.6 is 11.6 Å². The Hall–Kier alpha value is -2.05. The highest BCUT2D eigenvalue weighted by atomic mass is 35.5. The van der Waals surface area contributed by atoms with Crippen molar-refractivity contribution >= 4 is 17.6 Å². The maximum absolute atomic E-state index is 12.3. The molecule has 0 amide bonds. The molecule has 7 heteroatoms. The first-order chi connectivity index (χ1) is 10.8. The molecule has 0 aliphatic heterocycles. The first-order valence-corrected chi connectivity index (χ1v) is 7.58. The molecule has 0 radical (unpaired) electrons. The summed E-state index contributed by atoms with van der Waals surface area (Å²) in [5.74, 6) is -2.06. The van der Waals surface area contributed by atoms with Crippen LogP contribution in [-0.4, -0.2) is 34.0 Å². The molecule has 2 aromatic rings. The smallest absolute Gasteiger partial charge is 0.312 e. The van der Waals surface area contributed by atoms with Crippen molar-refractivity contribution in [3.8, 4) is 0 Å². The largest absolute Gasteiger partial charge is 0.469 e. The lowest BCUT2D eigenvalue weighted by molar-refractivity contribution is -0.156. The molecule has 0 saturated carbocycles. The summed E-state index contributed by atoms with van der Waals surface area (Å²) in [6, 6.07) is 6.88. The van der Waals surface area contributed by atoms with Crippen molar-refractivity contribution < 1.29 is 14.6 Å². The Morgan fingerprint density at radius 2 is 2.00 bits per heavy atom. The van der Waals surface area contributed by atoms with E-state index in [0.717, 1.165) is 5.56 Å². The summed E-state index contributed by atoms with van der Waals surface area (Å²) in [6.45, 7) is 1.58. The standard InChI is InChI=1S/C16H17ClN2O4/c1-16(22)7-10-12(14(20)19-18-10)11(13(16)15(21)23-2)8-3-5-9(17)6-4-8/h3-6,11,13,22H,7H2,1-2H3,(H2,18,19,20)/t11-,13+,16+/m1/s1. The lowest BCUT2D eigenvalue weighted by atomic mass is 9.66. The van der Waals surface area contributed by atoms with Gasteiger partial charge < -0.3 is 14.9 Å². The Labute approximate surface area is 137 Å². The predicted molar refractivity (Wildman–Crippen MR) is 84.5 cm³/mol. The van der Waals surface area contributed by atoms with Gasteiger partial charge in [-0.25, -0.2) is 0 Å². The quantitative estimate of drug-likeness (QED) is 0.726. The van der Waals surface area contributed by atoms with E-state index < -0.39 is 23.4 Å². The van der Waals surface area contributed by atoms with Crippen LogP contribution in [-0.2, 0) is 16.0 Å². The molecule has 0 spiro atoms. The Kier molecular flexibility index (Phi) is 3.82. The van der Waals surface area contributed by atoms with E-state index in [9.17, 15) is 14.7 Å². The van der Waals surface area contributed by atoms with E-state index in [-0.39, 0.29) is 12.0 Å². The van der Waals surface area contributed by atoms with Crippen LogP contribution in [0, 0.1) is 5.92 Å². The second kappa shape index (κ2) is 5.54. The number of hydrogen-bond donors (Lipinski definition) is 3. The average Bonchev–Trinajstić information content (AvgIpc) is 2.85. The van der Waals surface area contributed by atoms with E-state index in [2.05, 4.69) is 10.2 Å². The van der Waals surface area contributed by atoms with Crippen molar-refractivity contribution in [1.82, 2.24) is 10.2 Å². The molecule has 1 aromatic carbocycles. The van der Waals surface area contributed by atoms with Gasteiger partial charge in [-0.15, -0.1) is 0 Å². The van der Waals surface area contributed by atoms with E-state index in [1.807, 2.05) is 0 Å². The molecular weight excluding hydrogens is 320 g/mol. The fourth-order valence-electron chi connectivity index (χ4n) is 3.41. The second-order valence-electron chi connectivity index (χ2n) is 6.04. The number of nitrogens with one attached hydrogen (secondary N) is 2. The van der Waals surface area contributed by atoms with Crippen LogP contribution < -0.4 is 5.56 Å². The lowest BCUT2D eigenvalue weighted by Crippen LogP contribution is -2.49. The molecule has 3 N–H and O–H groups in total. The van der Waals surface area contributed by atoms with Crippen LogP contribution in [0.3, 0.4) is 0 Å². The molecule has 6 nitrogen and oxygen atoms in total. The maximum atomic E-state index is 12.3. The van der Waals surface area contributed by atoms with E-state index in [4.69, 9.17) is 16.3 Å². The third-order valence-corrected chi connectivity index (χ3v) is 4.68. The van der Waals surface area contributed by atoms with Crippen LogP contribution in [0.15, 0.2) is 29.1 Å². The van der Waals surface area contributed by atoms with Gasteiger partial charge >= 0.3 is 5.97 Å². The number of ether oxygens (including phenoxy) is 1. The van der Waals surface area contributed by atoms with Gasteiger partial charge in [0, 0.05) is 28.6 Å². The van der Waals surface area contributed by atoms with Crippen LogP contribution in [0.5, 0.6) is 0 Å². The summed E-state index contributed by atoms with van der Waals surface area (Å²) in [7, 11) is 1.27. The lowest BCUT2D eigenvalue weighted by Gasteiger charge is -2.40. The number of aliphatic hydroxyl groups is 1. The zero-order valence-corrected chi connectivity index (χ0v) is 13.5. The number of fused-ring (bicyclic) bond motifs is 1. The summed E-state index contributed by atoms with van der Waals surface area (Å²) >= 11 is 5.93. The van der Waals surface area contributed by atoms with Crippen molar-refractivity contribution in [2.75, 3.05) is 7.11 Å². The van der Waals surface area contributed by atoms with Gasteiger partial charge in [-0.05, 0) is 24.6 Å². The van der Waals surface area contributed by atoms with Gasteiger partial charge in [0.15, 0.2) is 0 Å². The highest BCUT2D eigenvalue weighted by Gasteiger charge is 2.51. The topological polar surface area (TPSA) is 95.2 Å². The number of halogens is 1. The number of H-pyrrole nitrogens is 2. The van der Waals surface area contributed by atoms with Crippen molar-refractivity contribution in [2.24, 2.45) is 5.92 Å². The van der Waals surface area contributed by atoms with Crippen molar-refractivity contribution in [3.05, 3.63) is 56.5 Å². The molecule has 0 fully saturated rings. The summed E-state index contributed by atoms with van der Waals surface area (Å²) in [6.07, 6.45) is 0.158. The molecule has 1 aliphatic carbocycles. The number of hydrogen-bond acceptors (Lipinski definition) is 4. The van der Waals surface area contributed by atoms with Gasteiger partial charge in [0.2, 0.25) is 0 Å². The fraction of sp³-hybridized carbons (Fsp3) is 0.375. The SMILES string of the molecule is COC(=O)[C@@H]1[C@H](c2ccc(Cl)cc2)c2c([nH][nH]c2=O)C[C@]1(C)O. The first kappa shape index (κ1) is 15.8. The number of aromatic amines is 2. The predicted octanol–water partition coefficient (Wildman–Crippen LogP) is 1.58. The number of benzene rings is 1. The van der Waals surface area contributed by atoms with Gasteiger partial charge in [-0.1, -0.05) is 23.7 Å². The number of aromatic nitrogens is 2. The number of esters is 1. The third-order valence-electron chi connectivity index (χ3n) is 4.43. The van der Waals surface area contributed by atoms with Crippen molar-refractivity contribution in [3.63, 3.8) is 0 Å². The van der Waals surface area contributed by atoms with Gasteiger partial charge in [-0.2, -0.15) is 0 Å². The summed E-state index contributed by atoms with van der Waals surface area (Å²) in [4.78, 5) is 24.6. The van der Waals surface area contributed by atoms with Gasteiger partial charge in [0.05, 0.1) is 18.6 Å². The number of carbonyl (C=O) groups excluding carboxylic acids is 1. The molecule has 23 heavy (non-hydrogen) atoms. The normalized spacial score (nSPS) is 26.6. The Morgan fingerprint density at radius 1 is 1.35 bits per heavy atom. The summed E-state index contributed by atoms with van der Waals surface area (Å²) in [5, 5.41) is 16.7. The molecule has 0 unspecified atom stereocenters. The Morgan fingerprint density at radius 3 is 2.61 bits per heavy atom. The number of carbonyl (C=O) groups is 1. The van der Waals surface area contributed by atoms with Crippen LogP contribution in [0.25, 0.3) is 0 Å². The van der Waals surface area contributed by atoms with Crippen LogP contribution in [0.1, 0.15) is 29.7 Å². The molecule has 1 aliphatic rings. The van der Waals surface area contributed by atoms with Crippen LogP contribution in [0.4, 0.5) is 0 Å². The van der Waals surface area contributed by atoms with E-state index in [1.54, 1.807) is 31.2 Å². The monoisotopic (exact) mass is 336 g/mol. The molecular formula is C16H17ClN2O4. The summed E-state index contributed by atoms with van der Waals surface area (Å²) in [5.41, 5.74) is 0.116. The Balaban J connectivity index is 2.24. The molecule has 3 rings (SSSR count). The molecule has 1 heterocycles. The minimum Gasteiger partial charge on any atom is -0.469 e. The highest BCUT2D eigenvalue weighted by molar-refractivity contribution is 6.30. The van der Waals surface area contributed by atoms with E-state index in [1.165, 1.54) is 7.11 Å². The van der Waals surface area contributed by atoms with E-state index in [0.29, 0.717) is 16.3 Å². The van der Waals surface area contributed by atoms with Crippen molar-refractivity contribution in [2.45, 2.75) is 24.9 Å². The first-order valence-electron chi connectivity index (χ1n) is 7.20. The van der Waals surface area contributed by atoms with Gasteiger partial charge in [-0.3, -0.25) is 14.7 Å². The Bertz CT molecular complexity index is 791. The molecule has 122 valence electrons. The summed E-state index contributed by atoms with van der Waals surface area (Å²) < 4.78 is 4.88. The van der Waals surface area contributed by atoms with E-state index >= 15 is 0 Å². The minimum atomic E-state index is -1.35. The minimum absolute atomic E-state index is 0.158. The highest BCUT2D eigenvalue weighted by Crippen LogP contribution is 2.44. The molecule has 0 bridgehead atoms. The fourth-order valence-corrected chi connectivity index (χ4v) is 3.54. The molecule has 3 atom stereocenters. The number of rotatable bonds is 2. The van der Waals surface area contributed by atoms with Gasteiger partial charge in [0.1, 0.15) is 0 Å². The molecule has 1 aromatic heterocycles. The second-order valence-corrected chi connectivity index (χ2v) is 6.47. The third kappa shape index (κ3) is 2.58.